The average molecular weight is 333 g/mol. The van der Waals surface area contributed by atoms with E-state index in [-0.39, 0.29) is 18.3 Å². The van der Waals surface area contributed by atoms with E-state index in [9.17, 15) is 14.0 Å². The third-order valence-electron chi connectivity index (χ3n) is 3.06. The molecule has 2 aromatic rings. The first-order valence-electron chi connectivity index (χ1n) is 6.94. The second-order valence-electron chi connectivity index (χ2n) is 4.63. The number of thioether (sulfide) groups is 1. The van der Waals surface area contributed by atoms with Crippen molar-refractivity contribution in [3.05, 3.63) is 65.5 Å². The number of ether oxygens (including phenoxy) is 1. The molecule has 0 spiro atoms. The molecular formula is C17H16FNO3S. The highest BCUT2D eigenvalue weighted by atomic mass is 32.2. The topological polar surface area (TPSA) is 55.4 Å². The Bertz CT molecular complexity index is 706. The van der Waals surface area contributed by atoms with E-state index in [4.69, 9.17) is 4.74 Å². The molecule has 1 N–H and O–H groups in total. The van der Waals surface area contributed by atoms with Crippen LogP contribution in [-0.2, 0) is 15.3 Å². The maximum Gasteiger partial charge on any atom is 0.339 e. The summed E-state index contributed by atoms with van der Waals surface area (Å²) in [6.45, 7) is -0.332. The first-order valence-corrected chi connectivity index (χ1v) is 7.93. The largest absolute Gasteiger partial charge is 0.452 e. The van der Waals surface area contributed by atoms with E-state index < -0.39 is 5.97 Å². The lowest BCUT2D eigenvalue weighted by Crippen LogP contribution is -2.25. The van der Waals surface area contributed by atoms with Gasteiger partial charge in [-0.05, 0) is 23.8 Å². The van der Waals surface area contributed by atoms with Crippen molar-refractivity contribution in [3.63, 3.8) is 0 Å². The standard InChI is InChI=1S/C17H16FNO3S/c1-19-16(20)10-22-17(21)13-7-3-5-9-15(13)23-11-12-6-2-4-8-14(12)18/h2-9H,10-11H2,1H3,(H,19,20). The molecule has 0 aliphatic heterocycles. The number of carbonyl (C=O) groups excluding carboxylic acids is 2. The maximum absolute atomic E-state index is 13.7. The Hall–Kier alpha value is -2.34. The summed E-state index contributed by atoms with van der Waals surface area (Å²) in [6.07, 6.45) is 0. The van der Waals surface area contributed by atoms with Gasteiger partial charge in [-0.25, -0.2) is 9.18 Å². The van der Waals surface area contributed by atoms with Gasteiger partial charge in [0, 0.05) is 17.7 Å². The Kier molecular flexibility index (Phi) is 6.17. The number of nitrogens with one attached hydrogen (secondary N) is 1. The average Bonchev–Trinajstić information content (AvgIpc) is 2.59. The molecule has 0 unspecified atom stereocenters. The van der Waals surface area contributed by atoms with E-state index in [0.717, 1.165) is 0 Å². The Morgan fingerprint density at radius 2 is 1.83 bits per heavy atom. The van der Waals surface area contributed by atoms with Crippen LogP contribution in [0, 0.1) is 5.82 Å². The van der Waals surface area contributed by atoms with Crippen LogP contribution >= 0.6 is 11.8 Å². The molecule has 0 saturated carbocycles. The minimum absolute atomic E-state index is 0.278. The fraction of sp³-hybridized carbons (Fsp3) is 0.176. The van der Waals surface area contributed by atoms with E-state index >= 15 is 0 Å². The zero-order chi connectivity index (χ0) is 16.7. The van der Waals surface area contributed by atoms with E-state index in [0.29, 0.717) is 21.8 Å². The number of benzene rings is 2. The van der Waals surface area contributed by atoms with Crippen LogP contribution in [0.3, 0.4) is 0 Å². The predicted molar refractivity (Wildman–Crippen MR) is 86.8 cm³/mol. The molecule has 0 atom stereocenters. The highest BCUT2D eigenvalue weighted by Crippen LogP contribution is 2.27. The lowest BCUT2D eigenvalue weighted by atomic mass is 10.2. The molecule has 0 bridgehead atoms. The van der Waals surface area contributed by atoms with E-state index in [1.54, 1.807) is 42.5 Å². The molecule has 0 aliphatic rings. The van der Waals surface area contributed by atoms with Gasteiger partial charge in [0.25, 0.3) is 5.91 Å². The third kappa shape index (κ3) is 4.82. The van der Waals surface area contributed by atoms with Gasteiger partial charge in [0.2, 0.25) is 0 Å². The Morgan fingerprint density at radius 3 is 2.57 bits per heavy atom. The number of hydrogen-bond acceptors (Lipinski definition) is 4. The predicted octanol–water partition coefficient (Wildman–Crippen LogP) is 3.02. The number of rotatable bonds is 6. The third-order valence-corrected chi connectivity index (χ3v) is 4.18. The zero-order valence-corrected chi connectivity index (χ0v) is 13.4. The van der Waals surface area contributed by atoms with Crippen LogP contribution in [0.4, 0.5) is 4.39 Å². The van der Waals surface area contributed by atoms with Crippen LogP contribution in [0.5, 0.6) is 0 Å². The molecule has 0 heterocycles. The summed E-state index contributed by atoms with van der Waals surface area (Å²) in [5, 5.41) is 2.38. The lowest BCUT2D eigenvalue weighted by molar-refractivity contribution is -0.123. The molecular weight excluding hydrogens is 317 g/mol. The molecule has 2 aromatic carbocycles. The Balaban J connectivity index is 2.07. The van der Waals surface area contributed by atoms with Crippen molar-refractivity contribution in [2.75, 3.05) is 13.7 Å². The smallest absolute Gasteiger partial charge is 0.339 e. The monoisotopic (exact) mass is 333 g/mol. The van der Waals surface area contributed by atoms with Gasteiger partial charge in [-0.15, -0.1) is 11.8 Å². The fourth-order valence-electron chi connectivity index (χ4n) is 1.81. The summed E-state index contributed by atoms with van der Waals surface area (Å²) in [5.74, 6) is -0.841. The summed E-state index contributed by atoms with van der Waals surface area (Å²) in [4.78, 5) is 23.9. The first-order chi connectivity index (χ1) is 11.1. The van der Waals surface area contributed by atoms with Crippen molar-refractivity contribution < 1.29 is 18.7 Å². The summed E-state index contributed by atoms with van der Waals surface area (Å²) < 4.78 is 18.6. The van der Waals surface area contributed by atoms with Gasteiger partial charge in [-0.2, -0.15) is 0 Å². The molecule has 0 saturated heterocycles. The van der Waals surface area contributed by atoms with Crippen LogP contribution in [0.25, 0.3) is 0 Å². The number of likely N-dealkylation sites (N-methyl/N-ethyl adjacent to an activating group) is 1. The second kappa shape index (κ2) is 8.33. The Labute approximate surface area is 138 Å². The normalized spacial score (nSPS) is 10.2. The number of halogens is 1. The molecule has 6 heteroatoms. The van der Waals surface area contributed by atoms with Crippen LogP contribution < -0.4 is 5.32 Å². The number of hydrogen-bond donors (Lipinski definition) is 1. The molecule has 0 aliphatic carbocycles. The van der Waals surface area contributed by atoms with E-state index in [1.807, 2.05) is 0 Å². The van der Waals surface area contributed by atoms with Crippen molar-refractivity contribution in [3.8, 4) is 0 Å². The fourth-order valence-corrected chi connectivity index (χ4v) is 2.84. The maximum atomic E-state index is 13.7. The van der Waals surface area contributed by atoms with Crippen LogP contribution in [0.15, 0.2) is 53.4 Å². The van der Waals surface area contributed by atoms with Gasteiger partial charge in [0.15, 0.2) is 6.61 Å². The summed E-state index contributed by atoms with van der Waals surface area (Å²) in [5.41, 5.74) is 0.920. The highest BCUT2D eigenvalue weighted by molar-refractivity contribution is 7.98. The van der Waals surface area contributed by atoms with Gasteiger partial charge < -0.3 is 10.1 Å². The molecule has 23 heavy (non-hydrogen) atoms. The van der Waals surface area contributed by atoms with Crippen LogP contribution in [-0.4, -0.2) is 25.5 Å². The lowest BCUT2D eigenvalue weighted by Gasteiger charge is -2.09. The minimum atomic E-state index is -0.578. The van der Waals surface area contributed by atoms with Gasteiger partial charge in [-0.1, -0.05) is 30.3 Å². The van der Waals surface area contributed by atoms with Gasteiger partial charge in [0.05, 0.1) is 5.56 Å². The Morgan fingerprint density at radius 1 is 1.13 bits per heavy atom. The van der Waals surface area contributed by atoms with Crippen LogP contribution in [0.1, 0.15) is 15.9 Å². The van der Waals surface area contributed by atoms with E-state index in [2.05, 4.69) is 5.32 Å². The molecule has 1 amide bonds. The van der Waals surface area contributed by atoms with Gasteiger partial charge in [0.1, 0.15) is 5.82 Å². The van der Waals surface area contributed by atoms with Crippen LogP contribution in [0.2, 0.25) is 0 Å². The first kappa shape index (κ1) is 17.0. The van der Waals surface area contributed by atoms with Gasteiger partial charge >= 0.3 is 5.97 Å². The van der Waals surface area contributed by atoms with E-state index in [1.165, 1.54) is 24.9 Å². The summed E-state index contributed by atoms with van der Waals surface area (Å²) in [6, 6.07) is 13.4. The summed E-state index contributed by atoms with van der Waals surface area (Å²) >= 11 is 1.34. The van der Waals surface area contributed by atoms with Crippen molar-refractivity contribution in [2.24, 2.45) is 0 Å². The molecule has 120 valence electrons. The van der Waals surface area contributed by atoms with Crippen molar-refractivity contribution in [1.82, 2.24) is 5.32 Å². The molecule has 0 radical (unpaired) electrons. The van der Waals surface area contributed by atoms with Crippen molar-refractivity contribution in [1.29, 1.82) is 0 Å². The van der Waals surface area contributed by atoms with Crippen molar-refractivity contribution in [2.45, 2.75) is 10.6 Å². The molecule has 4 nitrogen and oxygen atoms in total. The summed E-state index contributed by atoms with van der Waals surface area (Å²) in [7, 11) is 1.47. The molecule has 0 aromatic heterocycles. The zero-order valence-electron chi connectivity index (χ0n) is 12.5. The quantitative estimate of drug-likeness (QED) is 0.652. The second-order valence-corrected chi connectivity index (χ2v) is 5.64. The molecule has 2 rings (SSSR count). The molecule has 0 fully saturated rings. The minimum Gasteiger partial charge on any atom is -0.452 e. The number of esters is 1. The number of amides is 1. The SMILES string of the molecule is CNC(=O)COC(=O)c1ccccc1SCc1ccccc1F. The van der Waals surface area contributed by atoms with Gasteiger partial charge in [-0.3, -0.25) is 4.79 Å². The van der Waals surface area contributed by atoms with Crippen molar-refractivity contribution >= 4 is 23.6 Å². The number of carbonyl (C=O) groups is 2. The highest BCUT2D eigenvalue weighted by Gasteiger charge is 2.14.